The number of ether oxygens (including phenoxy) is 3. The predicted molar refractivity (Wildman–Crippen MR) is 88.3 cm³/mol. The van der Waals surface area contributed by atoms with Gasteiger partial charge in [-0.2, -0.15) is 0 Å². The first-order chi connectivity index (χ1) is 11.2. The highest BCUT2D eigenvalue weighted by molar-refractivity contribution is 7.12. The lowest BCUT2D eigenvalue weighted by atomic mass is 10.2. The van der Waals surface area contributed by atoms with Crippen molar-refractivity contribution in [3.8, 4) is 11.5 Å². The highest BCUT2D eigenvalue weighted by atomic mass is 32.1. The van der Waals surface area contributed by atoms with Crippen molar-refractivity contribution in [1.82, 2.24) is 4.90 Å². The van der Waals surface area contributed by atoms with Crippen LogP contribution in [0.4, 0.5) is 0 Å². The van der Waals surface area contributed by atoms with E-state index in [1.54, 1.807) is 0 Å². The Labute approximate surface area is 139 Å². The number of para-hydroxylation sites is 2. The molecule has 0 bridgehead atoms. The number of benzene rings is 1. The molecular weight excluding hydrogens is 314 g/mol. The summed E-state index contributed by atoms with van der Waals surface area (Å²) in [4.78, 5) is 14.3. The Morgan fingerprint density at radius 3 is 2.96 bits per heavy atom. The van der Waals surface area contributed by atoms with Crippen molar-refractivity contribution >= 4 is 17.3 Å². The monoisotopic (exact) mass is 333 g/mol. The highest BCUT2D eigenvalue weighted by Crippen LogP contribution is 2.31. The molecule has 0 spiro atoms. The molecule has 0 saturated carbocycles. The van der Waals surface area contributed by atoms with Crippen molar-refractivity contribution < 1.29 is 19.0 Å². The molecule has 1 atom stereocenters. The number of esters is 1. The number of likely N-dealkylation sites (N-methyl/N-ethyl adjacent to an activating group) is 1. The zero-order chi connectivity index (χ0) is 16.2. The molecule has 1 aromatic carbocycles. The molecule has 0 radical (unpaired) electrons. The van der Waals surface area contributed by atoms with Crippen molar-refractivity contribution in [3.05, 3.63) is 46.2 Å². The molecule has 2 heterocycles. The van der Waals surface area contributed by atoms with E-state index < -0.39 is 0 Å². The molecule has 2 aromatic rings. The van der Waals surface area contributed by atoms with Crippen LogP contribution >= 0.6 is 11.3 Å². The number of carbonyl (C=O) groups is 1. The second kappa shape index (κ2) is 7.02. The van der Waals surface area contributed by atoms with Crippen LogP contribution in [-0.2, 0) is 11.3 Å². The molecule has 122 valence electrons. The molecule has 5 nitrogen and oxygen atoms in total. The van der Waals surface area contributed by atoms with Gasteiger partial charge in [-0.25, -0.2) is 4.79 Å². The minimum absolute atomic E-state index is 0.00591. The Balaban J connectivity index is 1.55. The van der Waals surface area contributed by atoms with Gasteiger partial charge in [0.25, 0.3) is 0 Å². The van der Waals surface area contributed by atoms with Gasteiger partial charge in [0.05, 0.1) is 7.11 Å². The van der Waals surface area contributed by atoms with Crippen molar-refractivity contribution in [2.24, 2.45) is 0 Å². The summed E-state index contributed by atoms with van der Waals surface area (Å²) >= 11 is 1.40. The molecule has 3 rings (SSSR count). The summed E-state index contributed by atoms with van der Waals surface area (Å²) in [6, 6.07) is 9.58. The smallest absolute Gasteiger partial charge is 0.348 e. The molecule has 1 unspecified atom stereocenters. The molecule has 0 saturated heterocycles. The molecule has 1 aromatic heterocycles. The number of methoxy groups -OCH3 is 1. The van der Waals surface area contributed by atoms with E-state index >= 15 is 0 Å². The summed E-state index contributed by atoms with van der Waals surface area (Å²) in [6.45, 7) is 2.03. The van der Waals surface area contributed by atoms with Crippen LogP contribution in [0.1, 0.15) is 15.2 Å². The van der Waals surface area contributed by atoms with Gasteiger partial charge in [-0.15, -0.1) is 11.3 Å². The third-order valence-corrected chi connectivity index (χ3v) is 4.53. The lowest BCUT2D eigenvalue weighted by Gasteiger charge is -2.29. The lowest BCUT2D eigenvalue weighted by Crippen LogP contribution is -2.39. The Morgan fingerprint density at radius 2 is 2.17 bits per heavy atom. The van der Waals surface area contributed by atoms with Gasteiger partial charge in [0.15, 0.2) is 11.5 Å². The maximum atomic E-state index is 11.5. The van der Waals surface area contributed by atoms with E-state index in [4.69, 9.17) is 14.2 Å². The number of fused-ring (bicyclic) bond motifs is 1. The van der Waals surface area contributed by atoms with E-state index in [0.29, 0.717) is 11.5 Å². The molecule has 6 heteroatoms. The van der Waals surface area contributed by atoms with Gasteiger partial charge in [-0.1, -0.05) is 12.1 Å². The highest BCUT2D eigenvalue weighted by Gasteiger charge is 2.22. The van der Waals surface area contributed by atoms with E-state index in [-0.39, 0.29) is 12.1 Å². The Bertz CT molecular complexity index is 685. The van der Waals surface area contributed by atoms with Crippen LogP contribution in [0.3, 0.4) is 0 Å². The third kappa shape index (κ3) is 3.83. The second-order valence-electron chi connectivity index (χ2n) is 5.51. The van der Waals surface area contributed by atoms with Crippen LogP contribution < -0.4 is 9.47 Å². The van der Waals surface area contributed by atoms with Crippen molar-refractivity contribution in [3.63, 3.8) is 0 Å². The standard InChI is InChI=1S/C17H19NO4S/c1-18(8-12-7-16(23-11-12)17(19)20-2)9-13-10-21-14-5-3-4-6-15(14)22-13/h3-7,11,13H,8-10H2,1-2H3. The Kier molecular flexibility index (Phi) is 4.83. The van der Waals surface area contributed by atoms with Crippen molar-refractivity contribution in [1.29, 1.82) is 0 Å². The van der Waals surface area contributed by atoms with E-state index in [1.165, 1.54) is 18.4 Å². The number of nitrogens with zero attached hydrogens (tertiary/aromatic N) is 1. The molecule has 1 aliphatic heterocycles. The normalized spacial score (nSPS) is 16.4. The van der Waals surface area contributed by atoms with E-state index in [2.05, 4.69) is 4.90 Å². The van der Waals surface area contributed by atoms with Crippen LogP contribution in [0.25, 0.3) is 0 Å². The Morgan fingerprint density at radius 1 is 1.39 bits per heavy atom. The van der Waals surface area contributed by atoms with Gasteiger partial charge >= 0.3 is 5.97 Å². The topological polar surface area (TPSA) is 48.0 Å². The van der Waals surface area contributed by atoms with Crippen LogP contribution in [0, 0.1) is 0 Å². The average Bonchev–Trinajstić information content (AvgIpc) is 3.02. The largest absolute Gasteiger partial charge is 0.486 e. The first-order valence-corrected chi connectivity index (χ1v) is 8.26. The zero-order valence-electron chi connectivity index (χ0n) is 13.2. The molecule has 0 N–H and O–H groups in total. The fourth-order valence-electron chi connectivity index (χ4n) is 2.54. The van der Waals surface area contributed by atoms with Crippen LogP contribution in [0.5, 0.6) is 11.5 Å². The third-order valence-electron chi connectivity index (χ3n) is 3.58. The second-order valence-corrected chi connectivity index (χ2v) is 6.42. The summed E-state index contributed by atoms with van der Waals surface area (Å²) < 4.78 is 16.4. The minimum atomic E-state index is -0.287. The molecule has 23 heavy (non-hydrogen) atoms. The van der Waals surface area contributed by atoms with Gasteiger partial charge in [-0.3, -0.25) is 4.90 Å². The van der Waals surface area contributed by atoms with Gasteiger partial charge in [0.1, 0.15) is 17.6 Å². The van der Waals surface area contributed by atoms with Crippen LogP contribution in [0.15, 0.2) is 35.7 Å². The Hall–Kier alpha value is -2.05. The van der Waals surface area contributed by atoms with Gasteiger partial charge in [0, 0.05) is 13.1 Å². The van der Waals surface area contributed by atoms with Gasteiger partial charge in [-0.05, 0) is 36.2 Å². The average molecular weight is 333 g/mol. The van der Waals surface area contributed by atoms with Crippen LogP contribution in [0.2, 0.25) is 0 Å². The van der Waals surface area contributed by atoms with Crippen molar-refractivity contribution in [2.45, 2.75) is 12.6 Å². The number of hydrogen-bond acceptors (Lipinski definition) is 6. The first kappa shape index (κ1) is 15.8. The fraction of sp³-hybridized carbons (Fsp3) is 0.353. The predicted octanol–water partition coefficient (Wildman–Crippen LogP) is 2.81. The maximum absolute atomic E-state index is 11.5. The first-order valence-electron chi connectivity index (χ1n) is 7.38. The fourth-order valence-corrected chi connectivity index (χ4v) is 3.36. The quantitative estimate of drug-likeness (QED) is 0.788. The van der Waals surface area contributed by atoms with Gasteiger partial charge < -0.3 is 14.2 Å². The number of hydrogen-bond donors (Lipinski definition) is 0. The van der Waals surface area contributed by atoms with Gasteiger partial charge in [0.2, 0.25) is 0 Å². The number of carbonyl (C=O) groups excluding carboxylic acids is 1. The van der Waals surface area contributed by atoms with E-state index in [0.717, 1.165) is 30.2 Å². The summed E-state index contributed by atoms with van der Waals surface area (Å²) in [7, 11) is 3.42. The van der Waals surface area contributed by atoms with Crippen LogP contribution in [-0.4, -0.2) is 44.3 Å². The SMILES string of the molecule is COC(=O)c1cc(CN(C)CC2COc3ccccc3O2)cs1. The number of thiophene rings is 1. The summed E-state index contributed by atoms with van der Waals surface area (Å²) in [5, 5.41) is 1.98. The van der Waals surface area contributed by atoms with E-state index in [1.807, 2.05) is 42.8 Å². The maximum Gasteiger partial charge on any atom is 0.348 e. The van der Waals surface area contributed by atoms with Crippen molar-refractivity contribution in [2.75, 3.05) is 27.3 Å². The van der Waals surface area contributed by atoms with E-state index in [9.17, 15) is 4.79 Å². The molecular formula is C17H19NO4S. The molecule has 0 fully saturated rings. The molecule has 0 amide bonds. The number of rotatable bonds is 5. The minimum Gasteiger partial charge on any atom is -0.486 e. The zero-order valence-corrected chi connectivity index (χ0v) is 14.0. The lowest BCUT2D eigenvalue weighted by molar-refractivity contribution is 0.0605. The summed E-state index contributed by atoms with van der Waals surface area (Å²) in [5.41, 5.74) is 1.09. The molecule has 0 aliphatic carbocycles. The summed E-state index contributed by atoms with van der Waals surface area (Å²) in [5.74, 6) is 1.30. The summed E-state index contributed by atoms with van der Waals surface area (Å²) in [6.07, 6.45) is -0.00591. The molecule has 1 aliphatic rings.